The molecule has 0 aliphatic carbocycles. The second-order valence-electron chi connectivity index (χ2n) is 2.82. The SMILES string of the molecule is COC(=O)c1ccc(OCC(=O)O)cc1Cl. The summed E-state index contributed by atoms with van der Waals surface area (Å²) in [4.78, 5) is 21.4. The van der Waals surface area contributed by atoms with E-state index in [1.807, 2.05) is 0 Å². The van der Waals surface area contributed by atoms with E-state index in [2.05, 4.69) is 4.74 Å². The van der Waals surface area contributed by atoms with Crippen molar-refractivity contribution in [2.24, 2.45) is 0 Å². The molecule has 0 aromatic heterocycles. The number of rotatable bonds is 4. The van der Waals surface area contributed by atoms with Crippen LogP contribution in [0, 0.1) is 0 Å². The molecule has 5 nitrogen and oxygen atoms in total. The third kappa shape index (κ3) is 3.13. The second kappa shape index (κ2) is 5.37. The monoisotopic (exact) mass is 244 g/mol. The first-order chi connectivity index (χ1) is 7.54. The molecule has 0 spiro atoms. The van der Waals surface area contributed by atoms with E-state index in [-0.39, 0.29) is 16.3 Å². The molecule has 0 aliphatic heterocycles. The Hall–Kier alpha value is -1.75. The molecule has 0 bridgehead atoms. The lowest BCUT2D eigenvalue weighted by molar-refractivity contribution is -0.139. The third-order valence-corrected chi connectivity index (χ3v) is 2.02. The number of hydrogen-bond acceptors (Lipinski definition) is 4. The number of methoxy groups -OCH3 is 1. The molecule has 0 heterocycles. The zero-order valence-corrected chi connectivity index (χ0v) is 9.15. The Morgan fingerprint density at radius 2 is 2.12 bits per heavy atom. The third-order valence-electron chi connectivity index (χ3n) is 1.71. The molecule has 0 atom stereocenters. The summed E-state index contributed by atoms with van der Waals surface area (Å²) in [6, 6.07) is 4.21. The van der Waals surface area contributed by atoms with Crippen LogP contribution in [0.3, 0.4) is 0 Å². The van der Waals surface area contributed by atoms with Crippen molar-refractivity contribution in [3.8, 4) is 5.75 Å². The van der Waals surface area contributed by atoms with Gasteiger partial charge in [-0.25, -0.2) is 9.59 Å². The van der Waals surface area contributed by atoms with Gasteiger partial charge in [-0.15, -0.1) is 0 Å². The Kier molecular flexibility index (Phi) is 4.13. The minimum Gasteiger partial charge on any atom is -0.482 e. The van der Waals surface area contributed by atoms with Gasteiger partial charge in [-0.1, -0.05) is 11.6 Å². The summed E-state index contributed by atoms with van der Waals surface area (Å²) in [6.45, 7) is -0.464. The van der Waals surface area contributed by atoms with Crippen LogP contribution in [-0.2, 0) is 9.53 Å². The summed E-state index contributed by atoms with van der Waals surface area (Å²) in [5.74, 6) is -1.37. The molecular formula is C10H9ClO5. The Labute approximate surface area is 96.5 Å². The van der Waals surface area contributed by atoms with E-state index in [0.29, 0.717) is 0 Å². The quantitative estimate of drug-likeness (QED) is 0.815. The highest BCUT2D eigenvalue weighted by Crippen LogP contribution is 2.23. The van der Waals surface area contributed by atoms with Gasteiger partial charge in [-0.3, -0.25) is 0 Å². The molecule has 1 rings (SSSR count). The van der Waals surface area contributed by atoms with Crippen LogP contribution in [0.4, 0.5) is 0 Å². The summed E-state index contributed by atoms with van der Waals surface area (Å²) in [6.07, 6.45) is 0. The Morgan fingerprint density at radius 1 is 1.44 bits per heavy atom. The summed E-state index contributed by atoms with van der Waals surface area (Å²) in [5, 5.41) is 8.54. The van der Waals surface area contributed by atoms with E-state index in [9.17, 15) is 9.59 Å². The molecule has 1 N–H and O–H groups in total. The van der Waals surface area contributed by atoms with Crippen LogP contribution in [-0.4, -0.2) is 30.8 Å². The molecular weight excluding hydrogens is 236 g/mol. The lowest BCUT2D eigenvalue weighted by Gasteiger charge is -2.06. The van der Waals surface area contributed by atoms with Crippen LogP contribution in [0.1, 0.15) is 10.4 Å². The fraction of sp³-hybridized carbons (Fsp3) is 0.200. The lowest BCUT2D eigenvalue weighted by atomic mass is 10.2. The zero-order valence-electron chi connectivity index (χ0n) is 8.40. The van der Waals surface area contributed by atoms with E-state index < -0.39 is 18.5 Å². The maximum absolute atomic E-state index is 11.2. The van der Waals surface area contributed by atoms with Gasteiger partial charge in [-0.05, 0) is 18.2 Å². The van der Waals surface area contributed by atoms with Crippen LogP contribution in [0.25, 0.3) is 0 Å². The van der Waals surface area contributed by atoms with Crippen molar-refractivity contribution >= 4 is 23.5 Å². The van der Waals surface area contributed by atoms with Gasteiger partial charge in [0.25, 0.3) is 0 Å². The minimum atomic E-state index is -1.09. The smallest absolute Gasteiger partial charge is 0.341 e. The number of esters is 1. The average Bonchev–Trinajstić information content (AvgIpc) is 2.25. The van der Waals surface area contributed by atoms with E-state index in [1.54, 1.807) is 0 Å². The number of carboxylic acid groups (broad SMARTS) is 1. The molecule has 0 unspecified atom stereocenters. The number of aliphatic carboxylic acids is 1. The predicted octanol–water partition coefficient (Wildman–Crippen LogP) is 1.59. The highest BCUT2D eigenvalue weighted by atomic mass is 35.5. The first-order valence-corrected chi connectivity index (χ1v) is 4.65. The van der Waals surface area contributed by atoms with Gasteiger partial charge in [0.15, 0.2) is 6.61 Å². The number of carboxylic acids is 1. The fourth-order valence-electron chi connectivity index (χ4n) is 1.01. The number of hydrogen-bond donors (Lipinski definition) is 1. The standard InChI is InChI=1S/C10H9ClO5/c1-15-10(14)7-3-2-6(4-8(7)11)16-5-9(12)13/h2-4H,5H2,1H3,(H,12,13). The van der Waals surface area contributed by atoms with Gasteiger partial charge in [0.2, 0.25) is 0 Å². The summed E-state index contributed by atoms with van der Waals surface area (Å²) < 4.78 is 9.38. The van der Waals surface area contributed by atoms with Crippen LogP contribution >= 0.6 is 11.6 Å². The Bertz CT molecular complexity index is 416. The topological polar surface area (TPSA) is 72.8 Å². The number of benzene rings is 1. The molecule has 6 heteroatoms. The van der Waals surface area contributed by atoms with Gasteiger partial charge in [-0.2, -0.15) is 0 Å². The van der Waals surface area contributed by atoms with Crippen molar-refractivity contribution in [1.82, 2.24) is 0 Å². The first kappa shape index (κ1) is 12.3. The van der Waals surface area contributed by atoms with Crippen LogP contribution in [0.5, 0.6) is 5.75 Å². The van der Waals surface area contributed by atoms with Gasteiger partial charge < -0.3 is 14.6 Å². The number of ether oxygens (including phenoxy) is 2. The molecule has 16 heavy (non-hydrogen) atoms. The number of carbonyl (C=O) groups excluding carboxylic acids is 1. The Morgan fingerprint density at radius 3 is 2.62 bits per heavy atom. The van der Waals surface area contributed by atoms with Gasteiger partial charge >= 0.3 is 11.9 Å². The fourth-order valence-corrected chi connectivity index (χ4v) is 1.25. The molecule has 86 valence electrons. The maximum atomic E-state index is 11.2. The molecule has 1 aromatic rings. The average molecular weight is 245 g/mol. The minimum absolute atomic E-state index is 0.148. The predicted molar refractivity (Wildman–Crippen MR) is 55.9 cm³/mol. The Balaban J connectivity index is 2.82. The summed E-state index contributed by atoms with van der Waals surface area (Å²) in [7, 11) is 1.24. The molecule has 0 fully saturated rings. The maximum Gasteiger partial charge on any atom is 0.341 e. The molecule has 0 saturated carbocycles. The highest BCUT2D eigenvalue weighted by molar-refractivity contribution is 6.33. The van der Waals surface area contributed by atoms with Crippen LogP contribution in [0.2, 0.25) is 5.02 Å². The zero-order chi connectivity index (χ0) is 12.1. The molecule has 0 saturated heterocycles. The largest absolute Gasteiger partial charge is 0.482 e. The van der Waals surface area contributed by atoms with E-state index >= 15 is 0 Å². The number of carbonyl (C=O) groups is 2. The molecule has 0 aliphatic rings. The van der Waals surface area contributed by atoms with E-state index in [1.165, 1.54) is 25.3 Å². The van der Waals surface area contributed by atoms with Crippen molar-refractivity contribution in [2.75, 3.05) is 13.7 Å². The van der Waals surface area contributed by atoms with Crippen LogP contribution < -0.4 is 4.74 Å². The van der Waals surface area contributed by atoms with Gasteiger partial charge in [0.1, 0.15) is 5.75 Å². The number of halogens is 1. The van der Waals surface area contributed by atoms with Crippen molar-refractivity contribution in [3.05, 3.63) is 28.8 Å². The van der Waals surface area contributed by atoms with Crippen molar-refractivity contribution in [2.45, 2.75) is 0 Å². The van der Waals surface area contributed by atoms with Gasteiger partial charge in [0, 0.05) is 0 Å². The van der Waals surface area contributed by atoms with Crippen molar-refractivity contribution in [3.63, 3.8) is 0 Å². The van der Waals surface area contributed by atoms with Crippen molar-refractivity contribution < 1.29 is 24.2 Å². The van der Waals surface area contributed by atoms with E-state index in [4.69, 9.17) is 21.4 Å². The second-order valence-corrected chi connectivity index (χ2v) is 3.22. The summed E-state index contributed by atoms with van der Waals surface area (Å²) >= 11 is 5.79. The first-order valence-electron chi connectivity index (χ1n) is 4.27. The lowest BCUT2D eigenvalue weighted by Crippen LogP contribution is -2.09. The van der Waals surface area contributed by atoms with E-state index in [0.717, 1.165) is 0 Å². The van der Waals surface area contributed by atoms with Crippen LogP contribution in [0.15, 0.2) is 18.2 Å². The molecule has 0 amide bonds. The van der Waals surface area contributed by atoms with Gasteiger partial charge in [0.05, 0.1) is 17.7 Å². The van der Waals surface area contributed by atoms with Crippen molar-refractivity contribution in [1.29, 1.82) is 0 Å². The normalized spacial score (nSPS) is 9.62. The molecule has 1 aromatic carbocycles. The molecule has 0 radical (unpaired) electrons. The highest BCUT2D eigenvalue weighted by Gasteiger charge is 2.11. The summed E-state index contributed by atoms with van der Waals surface area (Å²) in [5.41, 5.74) is 0.201.